The molecule has 3 fully saturated rings. The first kappa shape index (κ1) is 28.0. The maximum atomic E-state index is 14.6. The monoisotopic (exact) mass is 548 g/mol. The lowest BCUT2D eigenvalue weighted by atomic mass is 9.66. The Bertz CT molecular complexity index is 1070. The molecule has 3 aliphatic rings. The molecule has 2 amide bonds. The van der Waals surface area contributed by atoms with Gasteiger partial charge in [0.05, 0.1) is 46.5 Å². The van der Waals surface area contributed by atoms with Crippen LogP contribution >= 0.6 is 23.4 Å². The third-order valence-corrected chi connectivity index (χ3v) is 10.4. The number of fused-ring (bicyclic) bond motifs is 1. The molecule has 37 heavy (non-hydrogen) atoms. The van der Waals surface area contributed by atoms with Crippen LogP contribution in [0.1, 0.15) is 40.5 Å². The molecule has 3 saturated heterocycles. The van der Waals surface area contributed by atoms with Gasteiger partial charge < -0.3 is 19.6 Å². The number of anilines is 1. The van der Waals surface area contributed by atoms with Crippen LogP contribution in [-0.4, -0.2) is 69.6 Å². The topological polar surface area (TPSA) is 87.2 Å². The Balaban J connectivity index is 1.87. The van der Waals surface area contributed by atoms with Crippen LogP contribution in [0.2, 0.25) is 5.02 Å². The van der Waals surface area contributed by atoms with Gasteiger partial charge in [-0.15, -0.1) is 18.3 Å². The Morgan fingerprint density at radius 3 is 2.68 bits per heavy atom. The van der Waals surface area contributed by atoms with Gasteiger partial charge in [-0.05, 0) is 43.7 Å². The number of benzene rings is 1. The van der Waals surface area contributed by atoms with Crippen LogP contribution in [0.3, 0.4) is 0 Å². The minimum Gasteiger partial charge on any atom is -0.466 e. The summed E-state index contributed by atoms with van der Waals surface area (Å²) in [6, 6.07) is 5.71. The lowest BCUT2D eigenvalue weighted by molar-refractivity contribution is -0.154. The van der Waals surface area contributed by atoms with E-state index in [4.69, 9.17) is 16.3 Å². The number of amides is 2. The summed E-state index contributed by atoms with van der Waals surface area (Å²) in [5, 5.41) is 10.8. The van der Waals surface area contributed by atoms with E-state index in [1.54, 1.807) is 52.8 Å². The van der Waals surface area contributed by atoms with Crippen molar-refractivity contribution < 1.29 is 24.2 Å². The van der Waals surface area contributed by atoms with E-state index in [9.17, 15) is 19.5 Å². The number of aliphatic hydroxyl groups is 1. The van der Waals surface area contributed by atoms with Crippen LogP contribution in [0.5, 0.6) is 0 Å². The number of carbonyl (C=O) groups is 3. The van der Waals surface area contributed by atoms with E-state index in [2.05, 4.69) is 13.5 Å². The highest BCUT2D eigenvalue weighted by Gasteiger charge is 2.77. The summed E-state index contributed by atoms with van der Waals surface area (Å²) < 4.78 is 4.62. The van der Waals surface area contributed by atoms with Crippen LogP contribution in [0.25, 0.3) is 0 Å². The number of esters is 1. The van der Waals surface area contributed by atoms with Crippen molar-refractivity contribution >= 4 is 46.8 Å². The quantitative estimate of drug-likeness (QED) is 0.349. The predicted molar refractivity (Wildman–Crippen MR) is 146 cm³/mol. The second-order valence-corrected chi connectivity index (χ2v) is 12.7. The molecule has 7 atom stereocenters. The molecule has 3 unspecified atom stereocenters. The maximum absolute atomic E-state index is 14.6. The van der Waals surface area contributed by atoms with Gasteiger partial charge in [0, 0.05) is 11.8 Å². The number of para-hydroxylation sites is 1. The minimum absolute atomic E-state index is 0.0105. The number of nitrogens with zero attached hydrogens (tertiary/aromatic N) is 2. The molecule has 4 rings (SSSR count). The largest absolute Gasteiger partial charge is 0.466 e. The van der Waals surface area contributed by atoms with Crippen LogP contribution in [-0.2, 0) is 19.1 Å². The number of hydrogen-bond donors (Lipinski definition) is 1. The molecule has 1 aromatic rings. The molecule has 1 spiro atoms. The number of hydrogen-bond acceptors (Lipinski definition) is 6. The van der Waals surface area contributed by atoms with Gasteiger partial charge in [-0.2, -0.15) is 0 Å². The number of rotatable bonds is 10. The summed E-state index contributed by atoms with van der Waals surface area (Å²) in [5.41, 5.74) is 0.540. The Morgan fingerprint density at radius 1 is 1.38 bits per heavy atom. The van der Waals surface area contributed by atoms with Crippen molar-refractivity contribution in [1.82, 2.24) is 4.90 Å². The standard InChI is InChI=1S/C28H37ClN2O5S/c1-6-12-30(20-11-9-8-10-19(20)29)26(34)24-28-17(5)14-21(37-28)22(27(35)36-7-2)23(28)25(33)31(24)18(15-32)13-16(3)4/h6,8-11,16-18,21-24,32H,1,7,12-15H2,2-5H3/t17?,18-,21+,22-,23+,24?,28?/m1/s1. The Hall–Kier alpha value is -2.03. The van der Waals surface area contributed by atoms with Crippen LogP contribution in [0.15, 0.2) is 36.9 Å². The van der Waals surface area contributed by atoms with Gasteiger partial charge in [0.25, 0.3) is 5.91 Å². The molecule has 2 bridgehead atoms. The molecule has 7 nitrogen and oxygen atoms in total. The summed E-state index contributed by atoms with van der Waals surface area (Å²) in [6.07, 6.45) is 2.89. The normalized spacial score (nSPS) is 30.9. The maximum Gasteiger partial charge on any atom is 0.310 e. The molecule has 9 heteroatoms. The predicted octanol–water partition coefficient (Wildman–Crippen LogP) is 4.17. The van der Waals surface area contributed by atoms with Gasteiger partial charge in [-0.1, -0.05) is 50.6 Å². The molecular weight excluding hydrogens is 512 g/mol. The SMILES string of the molecule is C=CCN(C(=O)C1N([C@@H](CO)CC(C)C)C(=O)[C@@H]2[C@H](C(=O)OCC)[C@@H]3CC(C)C12S3)c1ccccc1Cl. The molecule has 3 heterocycles. The van der Waals surface area contributed by atoms with Crippen LogP contribution in [0, 0.1) is 23.7 Å². The molecular formula is C28H37ClN2O5S. The number of halogens is 1. The van der Waals surface area contributed by atoms with E-state index in [1.165, 1.54) is 0 Å². The zero-order valence-corrected chi connectivity index (χ0v) is 23.5. The van der Waals surface area contributed by atoms with E-state index in [1.807, 2.05) is 19.9 Å². The van der Waals surface area contributed by atoms with Crippen molar-refractivity contribution in [3.8, 4) is 0 Å². The number of likely N-dealkylation sites (tertiary alicyclic amines) is 1. The smallest absolute Gasteiger partial charge is 0.310 e. The molecule has 202 valence electrons. The summed E-state index contributed by atoms with van der Waals surface area (Å²) in [4.78, 5) is 45.3. The van der Waals surface area contributed by atoms with Gasteiger partial charge in [-0.25, -0.2) is 0 Å². The lowest BCUT2D eigenvalue weighted by Gasteiger charge is -2.42. The Morgan fingerprint density at radius 2 is 2.08 bits per heavy atom. The first-order valence-electron chi connectivity index (χ1n) is 13.1. The fourth-order valence-corrected chi connectivity index (χ4v) is 9.34. The van der Waals surface area contributed by atoms with Crippen molar-refractivity contribution in [2.75, 3.05) is 24.7 Å². The molecule has 0 saturated carbocycles. The first-order valence-corrected chi connectivity index (χ1v) is 14.3. The van der Waals surface area contributed by atoms with Crippen molar-refractivity contribution in [2.24, 2.45) is 23.7 Å². The van der Waals surface area contributed by atoms with Gasteiger partial charge in [-0.3, -0.25) is 14.4 Å². The summed E-state index contributed by atoms with van der Waals surface area (Å²) in [5.74, 6) is -1.98. The van der Waals surface area contributed by atoms with E-state index < -0.39 is 28.7 Å². The zero-order valence-electron chi connectivity index (χ0n) is 21.9. The first-order chi connectivity index (χ1) is 17.6. The van der Waals surface area contributed by atoms with Gasteiger partial charge in [0.15, 0.2) is 0 Å². The molecule has 0 aromatic heterocycles. The highest BCUT2D eigenvalue weighted by molar-refractivity contribution is 8.02. The number of ether oxygens (including phenoxy) is 1. The summed E-state index contributed by atoms with van der Waals surface area (Å²) >= 11 is 8.12. The highest BCUT2D eigenvalue weighted by Crippen LogP contribution is 2.69. The Kier molecular flexibility index (Phi) is 8.31. The third kappa shape index (κ3) is 4.49. The fourth-order valence-electron chi connectivity index (χ4n) is 6.71. The number of thioether (sulfide) groups is 1. The van der Waals surface area contributed by atoms with Gasteiger partial charge in [0.1, 0.15) is 6.04 Å². The number of aliphatic hydroxyl groups excluding tert-OH is 1. The summed E-state index contributed by atoms with van der Waals surface area (Å²) in [6.45, 7) is 11.9. The van der Waals surface area contributed by atoms with Crippen molar-refractivity contribution in [2.45, 2.75) is 62.6 Å². The van der Waals surface area contributed by atoms with E-state index in [0.717, 1.165) is 6.42 Å². The van der Waals surface area contributed by atoms with Gasteiger partial charge in [0.2, 0.25) is 5.91 Å². The van der Waals surface area contributed by atoms with Crippen molar-refractivity contribution in [1.29, 1.82) is 0 Å². The minimum atomic E-state index is -0.860. The summed E-state index contributed by atoms with van der Waals surface area (Å²) in [7, 11) is 0. The van der Waals surface area contributed by atoms with E-state index >= 15 is 0 Å². The van der Waals surface area contributed by atoms with Crippen LogP contribution < -0.4 is 4.90 Å². The van der Waals surface area contributed by atoms with Crippen LogP contribution in [0.4, 0.5) is 5.69 Å². The second-order valence-electron chi connectivity index (χ2n) is 10.7. The zero-order chi connectivity index (χ0) is 27.1. The fraction of sp³-hybridized carbons (Fsp3) is 0.607. The Labute approximate surface area is 228 Å². The van der Waals surface area contributed by atoms with E-state index in [-0.39, 0.29) is 54.6 Å². The van der Waals surface area contributed by atoms with Crippen molar-refractivity contribution in [3.05, 3.63) is 41.9 Å². The molecule has 1 aromatic carbocycles. The third-order valence-electron chi connectivity index (χ3n) is 8.04. The van der Waals surface area contributed by atoms with Gasteiger partial charge >= 0.3 is 5.97 Å². The molecule has 0 radical (unpaired) electrons. The highest BCUT2D eigenvalue weighted by atomic mass is 35.5. The number of carbonyl (C=O) groups excluding carboxylic acids is 3. The average Bonchev–Trinajstić information content (AvgIpc) is 3.45. The molecule has 0 aliphatic carbocycles. The second kappa shape index (κ2) is 11.0. The van der Waals surface area contributed by atoms with Crippen molar-refractivity contribution in [3.63, 3.8) is 0 Å². The lowest BCUT2D eigenvalue weighted by Crippen LogP contribution is -2.59. The van der Waals surface area contributed by atoms with E-state index in [0.29, 0.717) is 17.1 Å². The molecule has 1 N–H and O–H groups in total. The molecule has 3 aliphatic heterocycles. The average molecular weight is 549 g/mol.